The molecule has 0 amide bonds. The molecule has 2 atom stereocenters. The van der Waals surface area contributed by atoms with Crippen LogP contribution in [0.1, 0.15) is 25.7 Å². The lowest BCUT2D eigenvalue weighted by molar-refractivity contribution is 0.0108. The van der Waals surface area contributed by atoms with E-state index >= 15 is 0 Å². The van der Waals surface area contributed by atoms with Gasteiger partial charge in [-0.05, 0) is 19.3 Å². The average Bonchev–Trinajstić information content (AvgIpc) is 2.61. The van der Waals surface area contributed by atoms with E-state index in [1.165, 1.54) is 0 Å². The molecule has 1 aliphatic rings. The Kier molecular flexibility index (Phi) is 5.53. The van der Waals surface area contributed by atoms with Crippen LogP contribution in [0.15, 0.2) is 0 Å². The second kappa shape index (κ2) is 6.43. The van der Waals surface area contributed by atoms with Gasteiger partial charge in [-0.15, -0.1) is 0 Å². The first-order chi connectivity index (χ1) is 7.25. The largest absolute Gasteiger partial charge is 0.392 e. The van der Waals surface area contributed by atoms with E-state index in [-0.39, 0.29) is 11.5 Å². The van der Waals surface area contributed by atoms with Crippen LogP contribution in [-0.4, -0.2) is 44.7 Å². The molecule has 0 aromatic rings. The first-order valence-corrected chi connectivity index (χ1v) is 5.70. The van der Waals surface area contributed by atoms with Crippen molar-refractivity contribution in [2.75, 3.05) is 33.5 Å². The quantitative estimate of drug-likeness (QED) is 0.611. The summed E-state index contributed by atoms with van der Waals surface area (Å²) < 4.78 is 10.3. The number of nitrogens with two attached hydrogens (primary N) is 1. The highest BCUT2D eigenvalue weighted by Crippen LogP contribution is 2.40. The summed E-state index contributed by atoms with van der Waals surface area (Å²) in [4.78, 5) is 0. The fraction of sp³-hybridized carbons (Fsp3) is 1.00. The van der Waals surface area contributed by atoms with E-state index in [1.807, 2.05) is 0 Å². The van der Waals surface area contributed by atoms with E-state index in [0.29, 0.717) is 26.4 Å². The van der Waals surface area contributed by atoms with Gasteiger partial charge in [0.05, 0.1) is 19.3 Å². The van der Waals surface area contributed by atoms with Gasteiger partial charge in [0.2, 0.25) is 0 Å². The highest BCUT2D eigenvalue weighted by Gasteiger charge is 2.40. The molecular formula is C11H23NO3. The van der Waals surface area contributed by atoms with Crippen molar-refractivity contribution in [1.29, 1.82) is 0 Å². The third kappa shape index (κ3) is 3.41. The van der Waals surface area contributed by atoms with E-state index < -0.39 is 0 Å². The minimum Gasteiger partial charge on any atom is -0.392 e. The summed E-state index contributed by atoms with van der Waals surface area (Å²) in [6.45, 7) is 2.46. The van der Waals surface area contributed by atoms with Gasteiger partial charge in [0, 0.05) is 25.7 Å². The lowest BCUT2D eigenvalue weighted by Crippen LogP contribution is -2.38. The molecule has 0 bridgehead atoms. The van der Waals surface area contributed by atoms with Crippen LogP contribution in [0.3, 0.4) is 0 Å². The van der Waals surface area contributed by atoms with Gasteiger partial charge in [-0.25, -0.2) is 0 Å². The summed E-state index contributed by atoms with van der Waals surface area (Å²) in [6, 6.07) is 0. The minimum absolute atomic E-state index is 0.0902. The maximum atomic E-state index is 9.88. The maximum absolute atomic E-state index is 9.88. The van der Waals surface area contributed by atoms with Crippen molar-refractivity contribution in [2.24, 2.45) is 11.1 Å². The number of aliphatic hydroxyl groups excluding tert-OH is 1. The molecule has 1 aliphatic carbocycles. The van der Waals surface area contributed by atoms with Crippen molar-refractivity contribution >= 4 is 0 Å². The van der Waals surface area contributed by atoms with E-state index in [2.05, 4.69) is 0 Å². The number of hydrogen-bond donors (Lipinski definition) is 2. The van der Waals surface area contributed by atoms with Crippen molar-refractivity contribution in [3.8, 4) is 0 Å². The van der Waals surface area contributed by atoms with Crippen LogP contribution in [-0.2, 0) is 9.47 Å². The average molecular weight is 217 g/mol. The molecule has 4 heteroatoms. The highest BCUT2D eigenvalue weighted by atomic mass is 16.5. The number of aliphatic hydroxyl groups is 1. The van der Waals surface area contributed by atoms with Crippen LogP contribution < -0.4 is 5.73 Å². The van der Waals surface area contributed by atoms with Gasteiger partial charge in [-0.2, -0.15) is 0 Å². The van der Waals surface area contributed by atoms with Crippen molar-refractivity contribution in [3.63, 3.8) is 0 Å². The standard InChI is InChI=1S/C11H23NO3/c1-14-7-8-15-6-5-11(9-12)4-2-3-10(11)13/h10,13H,2-9,12H2,1H3. The zero-order chi connectivity index (χ0) is 11.1. The van der Waals surface area contributed by atoms with Crippen molar-refractivity contribution in [2.45, 2.75) is 31.8 Å². The summed E-state index contributed by atoms with van der Waals surface area (Å²) >= 11 is 0. The summed E-state index contributed by atoms with van der Waals surface area (Å²) in [7, 11) is 1.66. The molecule has 3 N–H and O–H groups in total. The van der Waals surface area contributed by atoms with Gasteiger partial charge >= 0.3 is 0 Å². The maximum Gasteiger partial charge on any atom is 0.0700 e. The van der Waals surface area contributed by atoms with Crippen molar-refractivity contribution in [1.82, 2.24) is 0 Å². The molecule has 4 nitrogen and oxygen atoms in total. The molecule has 0 spiro atoms. The molecule has 1 saturated carbocycles. The summed E-state index contributed by atoms with van der Waals surface area (Å²) in [6.07, 6.45) is 3.60. The summed E-state index contributed by atoms with van der Waals surface area (Å²) in [5, 5.41) is 9.88. The zero-order valence-electron chi connectivity index (χ0n) is 9.58. The predicted molar refractivity (Wildman–Crippen MR) is 58.7 cm³/mol. The first-order valence-electron chi connectivity index (χ1n) is 5.70. The van der Waals surface area contributed by atoms with Gasteiger partial charge in [0.1, 0.15) is 0 Å². The number of methoxy groups -OCH3 is 1. The van der Waals surface area contributed by atoms with Crippen molar-refractivity contribution < 1.29 is 14.6 Å². The van der Waals surface area contributed by atoms with E-state index in [9.17, 15) is 5.11 Å². The zero-order valence-corrected chi connectivity index (χ0v) is 9.58. The van der Waals surface area contributed by atoms with Gasteiger partial charge in [0.25, 0.3) is 0 Å². The second-order valence-electron chi connectivity index (χ2n) is 4.33. The fourth-order valence-corrected chi connectivity index (χ4v) is 2.27. The number of ether oxygens (including phenoxy) is 2. The van der Waals surface area contributed by atoms with Crippen LogP contribution in [0.5, 0.6) is 0 Å². The molecule has 0 heterocycles. The molecule has 0 aliphatic heterocycles. The van der Waals surface area contributed by atoms with Gasteiger partial charge < -0.3 is 20.3 Å². The normalized spacial score (nSPS) is 31.0. The van der Waals surface area contributed by atoms with Crippen LogP contribution >= 0.6 is 0 Å². The summed E-state index contributed by atoms with van der Waals surface area (Å²) in [5.41, 5.74) is 5.67. The van der Waals surface area contributed by atoms with Crippen molar-refractivity contribution in [3.05, 3.63) is 0 Å². The van der Waals surface area contributed by atoms with Gasteiger partial charge in [-0.1, -0.05) is 6.42 Å². The van der Waals surface area contributed by atoms with Gasteiger partial charge in [-0.3, -0.25) is 0 Å². The number of rotatable bonds is 7. The molecule has 90 valence electrons. The van der Waals surface area contributed by atoms with Crippen LogP contribution in [0.2, 0.25) is 0 Å². The minimum atomic E-state index is -0.242. The van der Waals surface area contributed by atoms with E-state index in [0.717, 1.165) is 25.7 Å². The highest BCUT2D eigenvalue weighted by molar-refractivity contribution is 4.92. The fourth-order valence-electron chi connectivity index (χ4n) is 2.27. The Morgan fingerprint density at radius 3 is 2.73 bits per heavy atom. The third-order valence-electron chi connectivity index (χ3n) is 3.44. The molecule has 15 heavy (non-hydrogen) atoms. The Morgan fingerprint density at radius 2 is 2.20 bits per heavy atom. The predicted octanol–water partition coefficient (Wildman–Crippen LogP) is 0.529. The Bertz CT molecular complexity index is 177. The molecule has 2 unspecified atom stereocenters. The lowest BCUT2D eigenvalue weighted by Gasteiger charge is -2.31. The lowest BCUT2D eigenvalue weighted by atomic mass is 9.81. The molecular weight excluding hydrogens is 194 g/mol. The van der Waals surface area contributed by atoms with Crippen LogP contribution in [0.25, 0.3) is 0 Å². The topological polar surface area (TPSA) is 64.7 Å². The summed E-state index contributed by atoms with van der Waals surface area (Å²) in [5.74, 6) is 0. The molecule has 1 fully saturated rings. The second-order valence-corrected chi connectivity index (χ2v) is 4.33. The van der Waals surface area contributed by atoms with E-state index in [4.69, 9.17) is 15.2 Å². The molecule has 0 aromatic carbocycles. The van der Waals surface area contributed by atoms with Crippen LogP contribution in [0.4, 0.5) is 0 Å². The van der Waals surface area contributed by atoms with Crippen LogP contribution in [0, 0.1) is 5.41 Å². The Labute approximate surface area is 91.7 Å². The molecule has 0 saturated heterocycles. The molecule has 0 aromatic heterocycles. The Balaban J connectivity index is 2.22. The first kappa shape index (κ1) is 12.9. The Morgan fingerprint density at radius 1 is 1.40 bits per heavy atom. The number of hydrogen-bond acceptors (Lipinski definition) is 4. The van der Waals surface area contributed by atoms with E-state index in [1.54, 1.807) is 7.11 Å². The molecule has 1 rings (SSSR count). The van der Waals surface area contributed by atoms with Gasteiger partial charge in [0.15, 0.2) is 0 Å². The third-order valence-corrected chi connectivity index (χ3v) is 3.44. The smallest absolute Gasteiger partial charge is 0.0700 e. The Hall–Kier alpha value is -0.160. The monoisotopic (exact) mass is 217 g/mol. The SMILES string of the molecule is COCCOCCC1(CN)CCCC1O. The molecule has 0 radical (unpaired) electrons.